The Hall–Kier alpha value is -3.33. The maximum atomic E-state index is 12.7. The van der Waals surface area contributed by atoms with E-state index in [4.69, 9.17) is 0 Å². The molecule has 0 spiro atoms. The second-order valence-electron chi connectivity index (χ2n) is 5.73. The van der Waals surface area contributed by atoms with Crippen LogP contribution < -0.4 is 0 Å². The van der Waals surface area contributed by atoms with Gasteiger partial charge in [0.1, 0.15) is 0 Å². The van der Waals surface area contributed by atoms with Gasteiger partial charge in [-0.15, -0.1) is 0 Å². The summed E-state index contributed by atoms with van der Waals surface area (Å²) in [7, 11) is 0. The van der Waals surface area contributed by atoms with Crippen LogP contribution in [0.3, 0.4) is 0 Å². The van der Waals surface area contributed by atoms with Gasteiger partial charge in [0.25, 0.3) is 0 Å². The van der Waals surface area contributed by atoms with Crippen LogP contribution in [-0.4, -0.2) is 16.0 Å². The van der Waals surface area contributed by atoms with Crippen LogP contribution in [0.4, 0.5) is 0 Å². The molecule has 0 amide bonds. The quantitative estimate of drug-likeness (QED) is 0.517. The molecule has 3 aromatic carbocycles. The van der Waals surface area contributed by atoms with Gasteiger partial charge in [-0.3, -0.25) is 4.79 Å². The van der Waals surface area contributed by atoms with Crippen LogP contribution in [0.5, 0.6) is 11.5 Å². The first-order chi connectivity index (χ1) is 11.6. The first-order valence-electron chi connectivity index (χ1n) is 7.62. The van der Waals surface area contributed by atoms with Crippen LogP contribution >= 0.6 is 0 Å². The van der Waals surface area contributed by atoms with Gasteiger partial charge in [0, 0.05) is 11.1 Å². The minimum absolute atomic E-state index is 0.0203. The van der Waals surface area contributed by atoms with Crippen LogP contribution in [0.2, 0.25) is 0 Å². The van der Waals surface area contributed by atoms with E-state index in [0.717, 1.165) is 22.3 Å². The Bertz CT molecular complexity index is 948. The normalized spacial score (nSPS) is 12.5. The molecule has 0 unspecified atom stereocenters. The van der Waals surface area contributed by atoms with E-state index < -0.39 is 0 Å². The number of rotatable bonds is 1. The standard InChI is InChI=1S/C21H14O3/c22-19-10-9-13(12-20(19)23)11-18-14-5-1-3-7-16(14)21(24)17-8-4-2-6-15(17)18/h1-12,22-23H. The van der Waals surface area contributed by atoms with Crippen molar-refractivity contribution < 1.29 is 15.0 Å². The highest BCUT2D eigenvalue weighted by atomic mass is 16.3. The van der Waals surface area contributed by atoms with E-state index in [1.807, 2.05) is 54.6 Å². The topological polar surface area (TPSA) is 57.5 Å². The number of phenols is 2. The third-order valence-electron chi connectivity index (χ3n) is 4.23. The van der Waals surface area contributed by atoms with Gasteiger partial charge in [0.15, 0.2) is 17.3 Å². The molecule has 0 aliphatic heterocycles. The minimum atomic E-state index is -0.169. The van der Waals surface area contributed by atoms with E-state index in [2.05, 4.69) is 0 Å². The average molecular weight is 314 g/mol. The number of hydrogen-bond donors (Lipinski definition) is 2. The van der Waals surface area contributed by atoms with E-state index in [9.17, 15) is 15.0 Å². The van der Waals surface area contributed by atoms with Gasteiger partial charge in [-0.2, -0.15) is 0 Å². The zero-order valence-electron chi connectivity index (χ0n) is 12.7. The van der Waals surface area contributed by atoms with E-state index in [-0.39, 0.29) is 17.3 Å². The van der Waals surface area contributed by atoms with Crippen molar-refractivity contribution in [3.8, 4) is 11.5 Å². The Balaban J connectivity index is 1.98. The number of phenolic OH excluding ortho intramolecular Hbond substituents is 2. The molecule has 0 radical (unpaired) electrons. The van der Waals surface area contributed by atoms with Crippen LogP contribution in [-0.2, 0) is 0 Å². The molecular formula is C21H14O3. The summed E-state index contributed by atoms with van der Waals surface area (Å²) in [6, 6.07) is 19.7. The second kappa shape index (κ2) is 5.39. The molecule has 3 aromatic rings. The van der Waals surface area contributed by atoms with Crippen molar-refractivity contribution >= 4 is 17.4 Å². The lowest BCUT2D eigenvalue weighted by molar-refractivity contribution is 0.103. The van der Waals surface area contributed by atoms with Gasteiger partial charge < -0.3 is 10.2 Å². The summed E-state index contributed by atoms with van der Waals surface area (Å²) in [4.78, 5) is 12.7. The fraction of sp³-hybridized carbons (Fsp3) is 0. The third-order valence-corrected chi connectivity index (χ3v) is 4.23. The summed E-state index contributed by atoms with van der Waals surface area (Å²) < 4.78 is 0. The molecule has 0 atom stereocenters. The number of aromatic hydroxyl groups is 2. The maximum Gasteiger partial charge on any atom is 0.194 e. The van der Waals surface area contributed by atoms with Crippen molar-refractivity contribution in [3.05, 3.63) is 94.5 Å². The van der Waals surface area contributed by atoms with Crippen molar-refractivity contribution in [2.75, 3.05) is 0 Å². The molecule has 1 aliphatic rings. The summed E-state index contributed by atoms with van der Waals surface area (Å²) in [5.74, 6) is -0.304. The molecule has 0 saturated carbocycles. The number of fused-ring (bicyclic) bond motifs is 2. The molecule has 24 heavy (non-hydrogen) atoms. The molecular weight excluding hydrogens is 300 g/mol. The van der Waals surface area contributed by atoms with Crippen LogP contribution in [0.15, 0.2) is 66.7 Å². The molecule has 0 saturated heterocycles. The highest BCUT2D eigenvalue weighted by molar-refractivity contribution is 6.20. The molecule has 0 fully saturated rings. The van der Waals surface area contributed by atoms with Crippen molar-refractivity contribution in [2.24, 2.45) is 0 Å². The Morgan fingerprint density at radius 1 is 0.667 bits per heavy atom. The summed E-state index contributed by atoms with van der Waals surface area (Å²) in [5, 5.41) is 19.2. The summed E-state index contributed by atoms with van der Waals surface area (Å²) in [6.07, 6.45) is 1.92. The predicted octanol–water partition coefficient (Wildman–Crippen LogP) is 4.23. The number of benzene rings is 3. The second-order valence-corrected chi connectivity index (χ2v) is 5.73. The van der Waals surface area contributed by atoms with E-state index >= 15 is 0 Å². The van der Waals surface area contributed by atoms with Crippen molar-refractivity contribution in [1.29, 1.82) is 0 Å². The predicted molar refractivity (Wildman–Crippen MR) is 93.1 cm³/mol. The molecule has 3 nitrogen and oxygen atoms in total. The van der Waals surface area contributed by atoms with Gasteiger partial charge >= 0.3 is 0 Å². The zero-order valence-corrected chi connectivity index (χ0v) is 12.7. The summed E-state index contributed by atoms with van der Waals surface area (Å²) >= 11 is 0. The number of hydrogen-bond acceptors (Lipinski definition) is 3. The molecule has 0 bridgehead atoms. The Morgan fingerprint density at radius 2 is 1.21 bits per heavy atom. The first kappa shape index (κ1) is 14.3. The Labute approximate surface area is 139 Å². The maximum absolute atomic E-state index is 12.7. The molecule has 1 aliphatic carbocycles. The molecule has 116 valence electrons. The largest absolute Gasteiger partial charge is 0.504 e. The minimum Gasteiger partial charge on any atom is -0.504 e. The molecule has 2 N–H and O–H groups in total. The van der Waals surface area contributed by atoms with Gasteiger partial charge in [-0.25, -0.2) is 0 Å². The molecule has 0 heterocycles. The SMILES string of the molecule is O=C1c2ccccc2C(=Cc2ccc(O)c(O)c2)c2ccccc21. The number of carbonyl (C=O) groups excluding carboxylic acids is 1. The van der Waals surface area contributed by atoms with Crippen molar-refractivity contribution in [1.82, 2.24) is 0 Å². The lowest BCUT2D eigenvalue weighted by atomic mass is 9.81. The van der Waals surface area contributed by atoms with Gasteiger partial charge in [0.2, 0.25) is 0 Å². The fourth-order valence-corrected chi connectivity index (χ4v) is 3.07. The van der Waals surface area contributed by atoms with Crippen LogP contribution in [0.1, 0.15) is 32.6 Å². The number of carbonyl (C=O) groups is 1. The summed E-state index contributed by atoms with van der Waals surface area (Å²) in [5.41, 5.74) is 4.75. The highest BCUT2D eigenvalue weighted by Gasteiger charge is 2.26. The van der Waals surface area contributed by atoms with Crippen LogP contribution in [0, 0.1) is 0 Å². The van der Waals surface area contributed by atoms with Gasteiger partial charge in [0.05, 0.1) is 0 Å². The lowest BCUT2D eigenvalue weighted by Gasteiger charge is -2.21. The Kier molecular flexibility index (Phi) is 3.21. The third kappa shape index (κ3) is 2.18. The van der Waals surface area contributed by atoms with E-state index in [1.54, 1.807) is 6.07 Å². The fourth-order valence-electron chi connectivity index (χ4n) is 3.07. The zero-order chi connectivity index (χ0) is 16.7. The highest BCUT2D eigenvalue weighted by Crippen LogP contribution is 2.37. The molecule has 4 rings (SSSR count). The van der Waals surface area contributed by atoms with E-state index in [0.29, 0.717) is 11.1 Å². The smallest absolute Gasteiger partial charge is 0.194 e. The average Bonchev–Trinajstić information content (AvgIpc) is 2.61. The monoisotopic (exact) mass is 314 g/mol. The Morgan fingerprint density at radius 3 is 1.75 bits per heavy atom. The molecule has 0 aromatic heterocycles. The van der Waals surface area contributed by atoms with Gasteiger partial charge in [-0.05, 0) is 40.5 Å². The van der Waals surface area contributed by atoms with Crippen molar-refractivity contribution in [3.63, 3.8) is 0 Å². The van der Waals surface area contributed by atoms with E-state index in [1.165, 1.54) is 12.1 Å². The number of ketones is 1. The lowest BCUT2D eigenvalue weighted by Crippen LogP contribution is -2.14. The van der Waals surface area contributed by atoms with Crippen molar-refractivity contribution in [2.45, 2.75) is 0 Å². The summed E-state index contributed by atoms with van der Waals surface area (Å²) in [6.45, 7) is 0. The van der Waals surface area contributed by atoms with Crippen LogP contribution in [0.25, 0.3) is 11.6 Å². The molecule has 3 heteroatoms. The van der Waals surface area contributed by atoms with Gasteiger partial charge in [-0.1, -0.05) is 54.6 Å². The first-order valence-corrected chi connectivity index (χ1v) is 7.62.